The zero-order valence-corrected chi connectivity index (χ0v) is 14.1. The summed E-state index contributed by atoms with van der Waals surface area (Å²) in [6, 6.07) is 7.65. The molecule has 0 aliphatic carbocycles. The van der Waals surface area contributed by atoms with Crippen LogP contribution in [0.5, 0.6) is 5.75 Å². The van der Waals surface area contributed by atoms with Gasteiger partial charge in [0.05, 0.1) is 23.3 Å². The van der Waals surface area contributed by atoms with Crippen LogP contribution in [0.2, 0.25) is 0 Å². The maximum Gasteiger partial charge on any atom is 0.339 e. The predicted octanol–water partition coefficient (Wildman–Crippen LogP) is 1.99. The van der Waals surface area contributed by atoms with E-state index in [2.05, 4.69) is 9.46 Å². The highest BCUT2D eigenvalue weighted by atomic mass is 32.2. The number of aromatic hydroxyl groups is 1. The topological polar surface area (TPSA) is 130 Å². The fraction of sp³-hybridized carbons (Fsp3) is 0.125. The summed E-state index contributed by atoms with van der Waals surface area (Å²) in [5, 5.41) is 18.9. The summed E-state index contributed by atoms with van der Waals surface area (Å²) < 4.78 is 31.9. The SMILES string of the molecule is COC(=O)c1ccc(C)c(S(=O)(=O)Nc2cccc(C(=O)O)c2O)c1. The van der Waals surface area contributed by atoms with Crippen LogP contribution in [0, 0.1) is 6.92 Å². The number of nitrogens with one attached hydrogen (secondary N) is 1. The van der Waals surface area contributed by atoms with Crippen molar-refractivity contribution in [1.82, 2.24) is 0 Å². The number of aryl methyl sites for hydroxylation is 1. The van der Waals surface area contributed by atoms with Crippen molar-refractivity contribution in [1.29, 1.82) is 0 Å². The maximum atomic E-state index is 12.6. The fourth-order valence-corrected chi connectivity index (χ4v) is 3.47. The summed E-state index contributed by atoms with van der Waals surface area (Å²) in [5.41, 5.74) is -0.339. The van der Waals surface area contributed by atoms with Crippen molar-refractivity contribution in [3.05, 3.63) is 53.1 Å². The molecule has 0 aliphatic rings. The Balaban J connectivity index is 2.49. The average molecular weight is 365 g/mol. The Morgan fingerprint density at radius 3 is 2.44 bits per heavy atom. The van der Waals surface area contributed by atoms with Crippen molar-refractivity contribution in [3.63, 3.8) is 0 Å². The van der Waals surface area contributed by atoms with Crippen LogP contribution in [-0.2, 0) is 14.8 Å². The molecular weight excluding hydrogens is 350 g/mol. The summed E-state index contributed by atoms with van der Waals surface area (Å²) in [5.74, 6) is -2.81. The first kappa shape index (κ1) is 18.3. The van der Waals surface area contributed by atoms with Gasteiger partial charge >= 0.3 is 11.9 Å². The van der Waals surface area contributed by atoms with Gasteiger partial charge in [-0.1, -0.05) is 12.1 Å². The Bertz CT molecular complexity index is 951. The molecule has 0 spiro atoms. The highest BCUT2D eigenvalue weighted by Crippen LogP contribution is 2.30. The summed E-state index contributed by atoms with van der Waals surface area (Å²) in [4.78, 5) is 22.4. The van der Waals surface area contributed by atoms with Gasteiger partial charge in [0.2, 0.25) is 0 Å². The van der Waals surface area contributed by atoms with Crippen LogP contribution in [-0.4, -0.2) is 37.7 Å². The van der Waals surface area contributed by atoms with Gasteiger partial charge in [-0.3, -0.25) is 4.72 Å². The molecule has 132 valence electrons. The van der Waals surface area contributed by atoms with Crippen LogP contribution in [0.25, 0.3) is 0 Å². The molecule has 2 aromatic carbocycles. The number of para-hydroxylation sites is 1. The minimum Gasteiger partial charge on any atom is -0.505 e. The van der Waals surface area contributed by atoms with Crippen molar-refractivity contribution in [2.75, 3.05) is 11.8 Å². The lowest BCUT2D eigenvalue weighted by molar-refractivity contribution is 0.0599. The smallest absolute Gasteiger partial charge is 0.339 e. The molecule has 8 nitrogen and oxygen atoms in total. The zero-order valence-electron chi connectivity index (χ0n) is 13.3. The number of ether oxygens (including phenoxy) is 1. The second-order valence-corrected chi connectivity index (χ2v) is 6.74. The van der Waals surface area contributed by atoms with Gasteiger partial charge in [0.15, 0.2) is 5.75 Å². The average Bonchev–Trinajstić information content (AvgIpc) is 2.55. The minimum absolute atomic E-state index is 0.0389. The Kier molecular flexibility index (Phi) is 4.98. The highest BCUT2D eigenvalue weighted by molar-refractivity contribution is 7.92. The van der Waals surface area contributed by atoms with Crippen molar-refractivity contribution in [2.45, 2.75) is 11.8 Å². The van der Waals surface area contributed by atoms with E-state index in [4.69, 9.17) is 5.11 Å². The van der Waals surface area contributed by atoms with E-state index >= 15 is 0 Å². The maximum absolute atomic E-state index is 12.6. The van der Waals surface area contributed by atoms with Gasteiger partial charge in [-0.15, -0.1) is 0 Å². The first-order valence-electron chi connectivity index (χ1n) is 6.94. The van der Waals surface area contributed by atoms with Crippen LogP contribution in [0.1, 0.15) is 26.3 Å². The first-order valence-corrected chi connectivity index (χ1v) is 8.42. The van der Waals surface area contributed by atoms with E-state index in [1.807, 2.05) is 0 Å². The number of carbonyl (C=O) groups excluding carboxylic acids is 1. The molecule has 0 bridgehead atoms. The summed E-state index contributed by atoms with van der Waals surface area (Å²) in [6.45, 7) is 1.53. The van der Waals surface area contributed by atoms with Crippen molar-refractivity contribution >= 4 is 27.6 Å². The Labute approximate surface area is 143 Å². The largest absolute Gasteiger partial charge is 0.505 e. The molecule has 0 amide bonds. The van der Waals surface area contributed by atoms with E-state index < -0.39 is 33.3 Å². The fourth-order valence-electron chi connectivity index (χ4n) is 2.13. The quantitative estimate of drug-likeness (QED) is 0.545. The normalized spacial score (nSPS) is 11.0. The molecule has 0 aliphatic heterocycles. The number of hydrogen-bond donors (Lipinski definition) is 3. The lowest BCUT2D eigenvalue weighted by Gasteiger charge is -2.13. The van der Waals surface area contributed by atoms with Crippen LogP contribution in [0.4, 0.5) is 5.69 Å². The monoisotopic (exact) mass is 365 g/mol. The number of methoxy groups -OCH3 is 1. The number of carboxylic acids is 1. The van der Waals surface area contributed by atoms with Gasteiger partial charge in [0.1, 0.15) is 5.56 Å². The number of phenols is 1. The molecule has 0 atom stereocenters. The zero-order chi connectivity index (χ0) is 18.8. The minimum atomic E-state index is -4.18. The Morgan fingerprint density at radius 2 is 1.84 bits per heavy atom. The lowest BCUT2D eigenvalue weighted by atomic mass is 10.1. The third kappa shape index (κ3) is 3.72. The third-order valence-electron chi connectivity index (χ3n) is 3.41. The molecule has 2 aromatic rings. The number of anilines is 1. The van der Waals surface area contributed by atoms with E-state index in [1.54, 1.807) is 0 Å². The second-order valence-electron chi connectivity index (χ2n) is 5.08. The molecule has 0 saturated heterocycles. The number of rotatable bonds is 5. The van der Waals surface area contributed by atoms with E-state index in [-0.39, 0.29) is 16.1 Å². The number of esters is 1. The van der Waals surface area contributed by atoms with E-state index in [1.165, 1.54) is 38.3 Å². The summed E-state index contributed by atoms with van der Waals surface area (Å²) >= 11 is 0. The highest BCUT2D eigenvalue weighted by Gasteiger charge is 2.22. The molecule has 25 heavy (non-hydrogen) atoms. The first-order chi connectivity index (χ1) is 11.7. The van der Waals surface area contributed by atoms with E-state index in [0.29, 0.717) is 5.56 Å². The lowest BCUT2D eigenvalue weighted by Crippen LogP contribution is -2.16. The van der Waals surface area contributed by atoms with Crippen LogP contribution >= 0.6 is 0 Å². The standard InChI is InChI=1S/C16H15NO7S/c1-9-6-7-10(16(21)24-2)8-13(9)25(22,23)17-12-5-3-4-11(14(12)18)15(19)20/h3-8,17-18H,1-2H3,(H,19,20). The van der Waals surface area contributed by atoms with Crippen molar-refractivity contribution in [2.24, 2.45) is 0 Å². The van der Waals surface area contributed by atoms with Crippen LogP contribution in [0.15, 0.2) is 41.3 Å². The van der Waals surface area contributed by atoms with Crippen LogP contribution < -0.4 is 4.72 Å². The summed E-state index contributed by atoms with van der Waals surface area (Å²) in [7, 11) is -3.01. The molecule has 9 heteroatoms. The van der Waals surface area contributed by atoms with Gasteiger partial charge in [-0.05, 0) is 36.8 Å². The molecule has 0 aromatic heterocycles. The third-order valence-corrected chi connectivity index (χ3v) is 4.92. The molecule has 3 N–H and O–H groups in total. The number of carboxylic acid groups (broad SMARTS) is 1. The number of carbonyl (C=O) groups is 2. The van der Waals surface area contributed by atoms with Gasteiger partial charge in [0, 0.05) is 0 Å². The molecule has 0 heterocycles. The van der Waals surface area contributed by atoms with Gasteiger partial charge in [-0.2, -0.15) is 0 Å². The van der Waals surface area contributed by atoms with E-state index in [0.717, 1.165) is 12.1 Å². The van der Waals surface area contributed by atoms with Gasteiger partial charge in [0.25, 0.3) is 10.0 Å². The summed E-state index contributed by atoms with van der Waals surface area (Å²) in [6.07, 6.45) is 0. The molecule has 0 unspecified atom stereocenters. The molecule has 2 rings (SSSR count). The number of aromatic carboxylic acids is 1. The van der Waals surface area contributed by atoms with Crippen molar-refractivity contribution in [3.8, 4) is 5.75 Å². The van der Waals surface area contributed by atoms with Crippen molar-refractivity contribution < 1.29 is 33.0 Å². The van der Waals surface area contributed by atoms with Crippen LogP contribution in [0.3, 0.4) is 0 Å². The molecule has 0 radical (unpaired) electrons. The molecule has 0 fully saturated rings. The molecular formula is C16H15NO7S. The van der Waals surface area contributed by atoms with E-state index in [9.17, 15) is 23.1 Å². The molecule has 0 saturated carbocycles. The number of sulfonamides is 1. The van der Waals surface area contributed by atoms with Gasteiger partial charge < -0.3 is 14.9 Å². The van der Waals surface area contributed by atoms with Gasteiger partial charge in [-0.25, -0.2) is 18.0 Å². The Hall–Kier alpha value is -3.07. The number of benzene rings is 2. The predicted molar refractivity (Wildman–Crippen MR) is 88.4 cm³/mol. The Morgan fingerprint density at radius 1 is 1.16 bits per heavy atom. The number of hydrogen-bond acceptors (Lipinski definition) is 6. The second kappa shape index (κ2) is 6.81.